The molecule has 0 bridgehead atoms. The van der Waals surface area contributed by atoms with Gasteiger partial charge in [-0.25, -0.2) is 4.57 Å². The molecule has 0 spiro atoms. The van der Waals surface area contributed by atoms with Crippen molar-refractivity contribution >= 4 is 13.7 Å². The third kappa shape index (κ3) is 60.2. The summed E-state index contributed by atoms with van der Waals surface area (Å²) in [7, 11) is 1.56. The summed E-state index contributed by atoms with van der Waals surface area (Å²) in [4.78, 5) is 23.3. The quantitative estimate of drug-likeness (QED) is 0.0243. The molecular formula is C66H130N2O6P+. The van der Waals surface area contributed by atoms with Crippen LogP contribution in [0, 0.1) is 0 Å². The summed E-state index contributed by atoms with van der Waals surface area (Å²) in [6.07, 6.45) is 75.9. The van der Waals surface area contributed by atoms with Crippen LogP contribution in [0.15, 0.2) is 36.5 Å². The lowest BCUT2D eigenvalue weighted by Gasteiger charge is -2.25. The second kappa shape index (κ2) is 57.4. The summed E-state index contributed by atoms with van der Waals surface area (Å²) in [5.74, 6) is -0.183. The standard InChI is InChI=1S/C66H129N2O6P/c1-6-8-10-12-14-16-18-20-22-23-24-25-26-27-28-29-30-31-32-33-34-35-36-37-38-39-40-41-42-43-44-45-46-48-50-52-54-56-58-60-66(70)67-64(63-74-75(71,72)73-62-61-68(3,4)5)65(69)59-57-55-53-51-49-47-21-19-17-15-13-11-9-7-2/h33-34,49,51,57,59,64-65,69H,6-32,35-48,50,52-56,58,60-63H2,1-5H3,(H-,67,70,71,72)/p+1/b34-33-,51-49+,59-57+. The van der Waals surface area contributed by atoms with Crippen LogP contribution in [0.3, 0.4) is 0 Å². The van der Waals surface area contributed by atoms with Gasteiger partial charge in [-0.2, -0.15) is 0 Å². The molecule has 3 N–H and O–H groups in total. The summed E-state index contributed by atoms with van der Waals surface area (Å²) >= 11 is 0. The number of nitrogens with one attached hydrogen (secondary N) is 1. The average Bonchev–Trinajstić information content (AvgIpc) is 3.37. The highest BCUT2D eigenvalue weighted by molar-refractivity contribution is 7.47. The molecule has 0 aromatic carbocycles. The molecular weight excluding hydrogens is 948 g/mol. The van der Waals surface area contributed by atoms with Gasteiger partial charge in [-0.15, -0.1) is 0 Å². The molecule has 0 aliphatic rings. The number of hydrogen-bond acceptors (Lipinski definition) is 5. The number of carbonyl (C=O) groups excluding carboxylic acids is 1. The van der Waals surface area contributed by atoms with E-state index in [2.05, 4.69) is 43.5 Å². The number of unbranched alkanes of at least 4 members (excludes halogenated alkanes) is 44. The molecule has 9 heteroatoms. The van der Waals surface area contributed by atoms with Gasteiger partial charge in [0.1, 0.15) is 13.2 Å². The predicted octanol–water partition coefficient (Wildman–Crippen LogP) is 20.5. The zero-order chi connectivity index (χ0) is 54.9. The Morgan fingerprint density at radius 1 is 0.440 bits per heavy atom. The molecule has 0 saturated carbocycles. The van der Waals surface area contributed by atoms with Gasteiger partial charge in [0.05, 0.1) is 39.9 Å². The lowest BCUT2D eigenvalue weighted by Crippen LogP contribution is -2.45. The van der Waals surface area contributed by atoms with Crippen LogP contribution in [0.4, 0.5) is 0 Å². The number of nitrogens with zero attached hydrogens (tertiary/aromatic N) is 1. The molecule has 1 amide bonds. The number of phosphoric acid groups is 1. The van der Waals surface area contributed by atoms with E-state index < -0.39 is 20.0 Å². The molecule has 0 aliphatic heterocycles. The molecule has 0 rings (SSSR count). The Morgan fingerprint density at radius 2 is 0.733 bits per heavy atom. The van der Waals surface area contributed by atoms with Crippen molar-refractivity contribution in [2.75, 3.05) is 40.9 Å². The molecule has 444 valence electrons. The maximum Gasteiger partial charge on any atom is 0.472 e. The van der Waals surface area contributed by atoms with Gasteiger partial charge in [0.2, 0.25) is 5.91 Å². The van der Waals surface area contributed by atoms with E-state index in [9.17, 15) is 19.4 Å². The van der Waals surface area contributed by atoms with Crippen molar-refractivity contribution in [2.24, 2.45) is 0 Å². The smallest absolute Gasteiger partial charge is 0.387 e. The van der Waals surface area contributed by atoms with E-state index in [0.29, 0.717) is 17.4 Å². The van der Waals surface area contributed by atoms with Gasteiger partial charge in [-0.1, -0.05) is 301 Å². The zero-order valence-corrected chi connectivity index (χ0v) is 51.7. The van der Waals surface area contributed by atoms with Crippen LogP contribution in [-0.2, 0) is 18.4 Å². The fourth-order valence-electron chi connectivity index (χ4n) is 9.94. The highest BCUT2D eigenvalue weighted by atomic mass is 31.2. The SMILES string of the molecule is CCCCCCCCCC/C=C/CC/C=C/C(O)C(COP(=O)(O)OCC[N+](C)(C)C)NC(=O)CCCCCCCCCCCCCCCCCCC/C=C\CCCCCCCCCCCCCCCCCCCC. The fraction of sp³-hybridized carbons (Fsp3) is 0.894. The van der Waals surface area contributed by atoms with Crippen molar-refractivity contribution in [3.63, 3.8) is 0 Å². The minimum atomic E-state index is -4.35. The van der Waals surface area contributed by atoms with E-state index in [-0.39, 0.29) is 19.1 Å². The van der Waals surface area contributed by atoms with Gasteiger partial charge in [0.15, 0.2) is 0 Å². The molecule has 3 atom stereocenters. The van der Waals surface area contributed by atoms with Crippen molar-refractivity contribution in [3.8, 4) is 0 Å². The predicted molar refractivity (Wildman–Crippen MR) is 328 cm³/mol. The van der Waals surface area contributed by atoms with Crippen molar-refractivity contribution < 1.29 is 32.9 Å². The van der Waals surface area contributed by atoms with Gasteiger partial charge in [0.25, 0.3) is 0 Å². The van der Waals surface area contributed by atoms with Crippen LogP contribution in [0.1, 0.15) is 328 Å². The molecule has 3 unspecified atom stereocenters. The van der Waals surface area contributed by atoms with E-state index in [1.165, 1.54) is 270 Å². The van der Waals surface area contributed by atoms with E-state index in [0.717, 1.165) is 38.5 Å². The van der Waals surface area contributed by atoms with Gasteiger partial charge in [-0.05, 0) is 57.8 Å². The van der Waals surface area contributed by atoms with Crippen LogP contribution in [0.5, 0.6) is 0 Å². The largest absolute Gasteiger partial charge is 0.472 e. The second-order valence-corrected chi connectivity index (χ2v) is 25.3. The summed E-state index contributed by atoms with van der Waals surface area (Å²) in [6, 6.07) is -0.862. The Kier molecular flexibility index (Phi) is 56.4. The maximum absolute atomic E-state index is 13.0. The van der Waals surface area contributed by atoms with Gasteiger partial charge in [-0.3, -0.25) is 13.8 Å². The third-order valence-corrected chi connectivity index (χ3v) is 16.1. The molecule has 0 fully saturated rings. The zero-order valence-electron chi connectivity index (χ0n) is 50.8. The first kappa shape index (κ1) is 73.7. The molecule has 0 aromatic rings. The van der Waals surface area contributed by atoms with Gasteiger partial charge < -0.3 is 19.8 Å². The Hall–Kier alpha value is -1.28. The molecule has 0 aromatic heterocycles. The van der Waals surface area contributed by atoms with E-state index >= 15 is 0 Å². The van der Waals surface area contributed by atoms with Crippen LogP contribution in [0.25, 0.3) is 0 Å². The van der Waals surface area contributed by atoms with Crippen LogP contribution in [-0.4, -0.2) is 73.4 Å². The minimum Gasteiger partial charge on any atom is -0.387 e. The molecule has 0 saturated heterocycles. The number of likely N-dealkylation sites (N-methyl/N-ethyl adjacent to an activating group) is 1. The molecule has 75 heavy (non-hydrogen) atoms. The topological polar surface area (TPSA) is 105 Å². The highest BCUT2D eigenvalue weighted by Gasteiger charge is 2.28. The molecule has 8 nitrogen and oxygen atoms in total. The van der Waals surface area contributed by atoms with Crippen molar-refractivity contribution in [3.05, 3.63) is 36.5 Å². The minimum absolute atomic E-state index is 0.0574. The monoisotopic (exact) mass is 1080 g/mol. The number of aliphatic hydroxyl groups is 1. The Labute approximate surface area is 467 Å². The van der Waals surface area contributed by atoms with E-state index in [1.807, 2.05) is 27.2 Å². The van der Waals surface area contributed by atoms with E-state index in [1.54, 1.807) is 6.08 Å². The Balaban J connectivity index is 3.89. The van der Waals surface area contributed by atoms with Crippen LogP contribution < -0.4 is 5.32 Å². The lowest BCUT2D eigenvalue weighted by atomic mass is 10.0. The number of allylic oxidation sites excluding steroid dienone is 5. The number of carbonyl (C=O) groups is 1. The first-order valence-electron chi connectivity index (χ1n) is 32.9. The number of phosphoric ester groups is 1. The number of hydrogen-bond donors (Lipinski definition) is 3. The maximum atomic E-state index is 13.0. The molecule has 0 heterocycles. The Bertz CT molecular complexity index is 1320. The highest BCUT2D eigenvalue weighted by Crippen LogP contribution is 2.43. The lowest BCUT2D eigenvalue weighted by molar-refractivity contribution is -0.870. The third-order valence-electron chi connectivity index (χ3n) is 15.1. The van der Waals surface area contributed by atoms with Crippen LogP contribution in [0.2, 0.25) is 0 Å². The van der Waals surface area contributed by atoms with E-state index in [4.69, 9.17) is 9.05 Å². The van der Waals surface area contributed by atoms with Crippen molar-refractivity contribution in [1.29, 1.82) is 0 Å². The summed E-state index contributed by atoms with van der Waals surface area (Å²) in [6.45, 7) is 4.82. The normalized spacial score (nSPS) is 14.0. The van der Waals surface area contributed by atoms with Crippen LogP contribution >= 0.6 is 7.82 Å². The second-order valence-electron chi connectivity index (χ2n) is 23.8. The number of quaternary nitrogens is 1. The summed E-state index contributed by atoms with van der Waals surface area (Å²) in [5, 5.41) is 13.9. The average molecular weight is 1080 g/mol. The summed E-state index contributed by atoms with van der Waals surface area (Å²) < 4.78 is 23.7. The molecule has 0 radical (unpaired) electrons. The Morgan fingerprint density at radius 3 is 1.07 bits per heavy atom. The first-order chi connectivity index (χ1) is 36.5. The number of aliphatic hydroxyl groups excluding tert-OH is 1. The number of rotatable bonds is 61. The first-order valence-corrected chi connectivity index (χ1v) is 34.4. The van der Waals surface area contributed by atoms with Crippen molar-refractivity contribution in [1.82, 2.24) is 5.32 Å². The number of amides is 1. The molecule has 0 aliphatic carbocycles. The van der Waals surface area contributed by atoms with Crippen molar-refractivity contribution in [2.45, 2.75) is 341 Å². The van der Waals surface area contributed by atoms with Gasteiger partial charge in [0, 0.05) is 6.42 Å². The fourth-order valence-corrected chi connectivity index (χ4v) is 10.7. The summed E-state index contributed by atoms with van der Waals surface area (Å²) in [5.41, 5.74) is 0. The van der Waals surface area contributed by atoms with Gasteiger partial charge >= 0.3 is 7.82 Å².